The molecule has 0 saturated heterocycles. The van der Waals surface area contributed by atoms with Crippen molar-refractivity contribution in [1.82, 2.24) is 15.5 Å². The zero-order chi connectivity index (χ0) is 17.2. The monoisotopic (exact) mass is 368 g/mol. The molecule has 0 fully saturated rings. The van der Waals surface area contributed by atoms with Gasteiger partial charge in [0, 0.05) is 0 Å². The molecule has 0 bridgehead atoms. The average molecular weight is 368 g/mol. The van der Waals surface area contributed by atoms with Crippen molar-refractivity contribution < 1.29 is 31.1 Å². The molecular formula is C9H10F6N4OS2. The third kappa shape index (κ3) is 4.15. The molecule has 0 spiro atoms. The first-order chi connectivity index (χ1) is 9.90. The van der Waals surface area contributed by atoms with Gasteiger partial charge in [-0.15, -0.1) is 10.2 Å². The number of amides is 2. The minimum Gasteiger partial charge on any atom is -0.316 e. The molecule has 0 unspecified atom stereocenters. The maximum Gasteiger partial charge on any atom is 0.420 e. The van der Waals surface area contributed by atoms with Crippen LogP contribution in [0.4, 0.5) is 36.3 Å². The van der Waals surface area contributed by atoms with Crippen LogP contribution in [-0.4, -0.2) is 39.9 Å². The van der Waals surface area contributed by atoms with E-state index in [4.69, 9.17) is 0 Å². The Morgan fingerprint density at radius 2 is 1.73 bits per heavy atom. The van der Waals surface area contributed by atoms with Crippen LogP contribution in [0.15, 0.2) is 4.34 Å². The Labute approximate surface area is 128 Å². The Morgan fingerprint density at radius 1 is 1.18 bits per heavy atom. The van der Waals surface area contributed by atoms with E-state index >= 15 is 0 Å². The molecule has 0 aromatic carbocycles. The van der Waals surface area contributed by atoms with Crippen LogP contribution in [0.2, 0.25) is 0 Å². The number of anilines is 1. The van der Waals surface area contributed by atoms with Crippen molar-refractivity contribution >= 4 is 34.3 Å². The smallest absolute Gasteiger partial charge is 0.316 e. The Kier molecular flexibility index (Phi) is 5.54. The predicted octanol–water partition coefficient (Wildman–Crippen LogP) is 3.65. The second kappa shape index (κ2) is 6.48. The van der Waals surface area contributed by atoms with E-state index in [9.17, 15) is 31.1 Å². The van der Waals surface area contributed by atoms with Gasteiger partial charge >= 0.3 is 18.4 Å². The lowest BCUT2D eigenvalue weighted by molar-refractivity contribution is -0.297. The highest BCUT2D eigenvalue weighted by Crippen LogP contribution is 2.42. The third-order valence-electron chi connectivity index (χ3n) is 2.39. The molecule has 1 aromatic heterocycles. The van der Waals surface area contributed by atoms with Crippen LogP contribution in [0.25, 0.3) is 0 Å². The molecule has 0 radical (unpaired) electrons. The maximum atomic E-state index is 12.6. The second-order valence-corrected chi connectivity index (χ2v) is 6.49. The van der Waals surface area contributed by atoms with E-state index in [-0.39, 0.29) is 12.1 Å². The maximum absolute atomic E-state index is 12.6. The first kappa shape index (κ1) is 18.8. The molecule has 0 aliphatic rings. The molecule has 1 heterocycles. The van der Waals surface area contributed by atoms with Crippen molar-refractivity contribution in [2.24, 2.45) is 0 Å². The summed E-state index contributed by atoms with van der Waals surface area (Å²) in [5.41, 5.74) is -4.38. The standard InChI is InChI=1S/C9H10F6N4OS2/c1-3-21-6-19-18-5(22-6)16-4(20)17-7(2,8(10,11)12)9(13,14)15/h3H2,1-2H3,(H2,16,17,18,20). The zero-order valence-corrected chi connectivity index (χ0v) is 12.7. The molecule has 2 amide bonds. The minimum atomic E-state index is -5.72. The molecule has 0 aliphatic heterocycles. The van der Waals surface area contributed by atoms with Crippen LogP contribution in [0.5, 0.6) is 0 Å². The fraction of sp³-hybridized carbons (Fsp3) is 0.667. The molecule has 2 N–H and O–H groups in total. The van der Waals surface area contributed by atoms with Crippen molar-refractivity contribution in [3.8, 4) is 0 Å². The Bertz CT molecular complexity index is 515. The van der Waals surface area contributed by atoms with Crippen LogP contribution < -0.4 is 10.6 Å². The number of halogens is 6. The van der Waals surface area contributed by atoms with E-state index in [1.54, 1.807) is 5.32 Å². The molecule has 22 heavy (non-hydrogen) atoms. The van der Waals surface area contributed by atoms with E-state index in [1.165, 1.54) is 11.8 Å². The molecule has 0 saturated carbocycles. The molecule has 1 aromatic rings. The number of rotatable bonds is 4. The van der Waals surface area contributed by atoms with Crippen LogP contribution >= 0.6 is 23.1 Å². The summed E-state index contributed by atoms with van der Waals surface area (Å²) in [5, 5.41) is 9.53. The van der Waals surface area contributed by atoms with Gasteiger partial charge in [-0.25, -0.2) is 4.79 Å². The average Bonchev–Trinajstić information content (AvgIpc) is 2.73. The number of hydrogen-bond acceptors (Lipinski definition) is 5. The molecular weight excluding hydrogens is 358 g/mol. The van der Waals surface area contributed by atoms with Crippen molar-refractivity contribution in [3.05, 3.63) is 0 Å². The topological polar surface area (TPSA) is 66.9 Å². The van der Waals surface area contributed by atoms with E-state index in [0.29, 0.717) is 10.1 Å². The SMILES string of the molecule is CCSc1nnc(NC(=O)NC(C)(C(F)(F)F)C(F)(F)F)s1. The lowest BCUT2D eigenvalue weighted by atomic mass is 10.0. The largest absolute Gasteiger partial charge is 0.420 e. The summed E-state index contributed by atoms with van der Waals surface area (Å²) in [4.78, 5) is 11.4. The molecule has 0 atom stereocenters. The van der Waals surface area contributed by atoms with Gasteiger partial charge in [-0.05, 0) is 12.7 Å². The van der Waals surface area contributed by atoms with Crippen LogP contribution in [-0.2, 0) is 0 Å². The highest BCUT2D eigenvalue weighted by atomic mass is 32.2. The Hall–Kier alpha value is -1.24. The highest BCUT2D eigenvalue weighted by molar-refractivity contribution is 8.01. The fourth-order valence-corrected chi connectivity index (χ4v) is 2.74. The number of aromatic nitrogens is 2. The van der Waals surface area contributed by atoms with Gasteiger partial charge in [0.05, 0.1) is 0 Å². The van der Waals surface area contributed by atoms with Gasteiger partial charge < -0.3 is 5.32 Å². The van der Waals surface area contributed by atoms with Gasteiger partial charge in [-0.3, -0.25) is 5.32 Å². The molecule has 0 aliphatic carbocycles. The summed E-state index contributed by atoms with van der Waals surface area (Å²) in [7, 11) is 0. The van der Waals surface area contributed by atoms with Crippen molar-refractivity contribution in [2.75, 3.05) is 11.1 Å². The number of carbonyl (C=O) groups is 1. The first-order valence-electron chi connectivity index (χ1n) is 5.59. The third-order valence-corrected chi connectivity index (χ3v) is 4.25. The minimum absolute atomic E-state index is 0.162. The summed E-state index contributed by atoms with van der Waals surface area (Å²) < 4.78 is 76.1. The van der Waals surface area contributed by atoms with Crippen LogP contribution in [0.1, 0.15) is 13.8 Å². The second-order valence-electron chi connectivity index (χ2n) is 4.01. The van der Waals surface area contributed by atoms with Gasteiger partial charge in [0.15, 0.2) is 4.34 Å². The number of urea groups is 1. The molecule has 126 valence electrons. The van der Waals surface area contributed by atoms with Crippen LogP contribution in [0, 0.1) is 0 Å². The number of nitrogens with one attached hydrogen (secondary N) is 2. The lowest BCUT2D eigenvalue weighted by Gasteiger charge is -2.34. The van der Waals surface area contributed by atoms with Gasteiger partial charge in [0.2, 0.25) is 10.7 Å². The summed E-state index contributed by atoms with van der Waals surface area (Å²) in [6.45, 7) is 1.65. The number of hydrogen-bond donors (Lipinski definition) is 2. The summed E-state index contributed by atoms with van der Waals surface area (Å²) in [6.07, 6.45) is -11.4. The van der Waals surface area contributed by atoms with Gasteiger partial charge in [-0.2, -0.15) is 26.3 Å². The summed E-state index contributed by atoms with van der Waals surface area (Å²) in [6, 6.07) is -1.68. The number of alkyl halides is 6. The summed E-state index contributed by atoms with van der Waals surface area (Å²) >= 11 is 2.09. The Morgan fingerprint density at radius 3 is 2.18 bits per heavy atom. The van der Waals surface area contributed by atoms with Crippen molar-refractivity contribution in [1.29, 1.82) is 0 Å². The van der Waals surface area contributed by atoms with Crippen LogP contribution in [0.3, 0.4) is 0 Å². The van der Waals surface area contributed by atoms with Gasteiger partial charge in [0.1, 0.15) is 0 Å². The molecule has 1 rings (SSSR count). The number of nitrogens with zero attached hydrogens (tertiary/aromatic N) is 2. The van der Waals surface area contributed by atoms with Crippen molar-refractivity contribution in [2.45, 2.75) is 36.1 Å². The quantitative estimate of drug-likeness (QED) is 0.484. The summed E-state index contributed by atoms with van der Waals surface area (Å²) in [5.74, 6) is 0.640. The Balaban J connectivity index is 2.84. The highest BCUT2D eigenvalue weighted by Gasteiger charge is 2.68. The van der Waals surface area contributed by atoms with E-state index < -0.39 is 23.9 Å². The number of carbonyl (C=O) groups excluding carboxylic acids is 1. The van der Waals surface area contributed by atoms with Crippen molar-refractivity contribution in [3.63, 3.8) is 0 Å². The normalized spacial score (nSPS) is 13.1. The predicted molar refractivity (Wildman–Crippen MR) is 69.0 cm³/mol. The lowest BCUT2D eigenvalue weighted by Crippen LogP contribution is -2.66. The van der Waals surface area contributed by atoms with E-state index in [1.807, 2.05) is 6.92 Å². The molecule has 13 heteroatoms. The number of thioether (sulfide) groups is 1. The van der Waals surface area contributed by atoms with E-state index in [2.05, 4.69) is 10.2 Å². The first-order valence-corrected chi connectivity index (χ1v) is 7.40. The molecule has 5 nitrogen and oxygen atoms in total. The van der Waals surface area contributed by atoms with E-state index in [0.717, 1.165) is 16.7 Å². The zero-order valence-electron chi connectivity index (χ0n) is 11.1. The van der Waals surface area contributed by atoms with Gasteiger partial charge in [-0.1, -0.05) is 30.0 Å². The fourth-order valence-electron chi connectivity index (χ4n) is 1.10. The van der Waals surface area contributed by atoms with Gasteiger partial charge in [0.25, 0.3) is 0 Å².